The van der Waals surface area contributed by atoms with E-state index in [1.54, 1.807) is 0 Å². The molecule has 0 saturated carbocycles. The molecule has 0 saturated heterocycles. The van der Waals surface area contributed by atoms with Crippen LogP contribution in [0.3, 0.4) is 0 Å². The molecule has 17 heavy (non-hydrogen) atoms. The van der Waals surface area contributed by atoms with Crippen LogP contribution in [0.2, 0.25) is 0 Å². The summed E-state index contributed by atoms with van der Waals surface area (Å²) in [5.74, 6) is 0. The van der Waals surface area contributed by atoms with Crippen molar-refractivity contribution in [2.45, 2.75) is 12.8 Å². The van der Waals surface area contributed by atoms with E-state index in [0.717, 1.165) is 18.4 Å². The van der Waals surface area contributed by atoms with Gasteiger partial charge in [-0.05, 0) is 34.0 Å². The SMILES string of the molecule is C=C(/C=C\c1ccccc1)C1=CC=C(Br)CC1. The van der Waals surface area contributed by atoms with E-state index in [0.29, 0.717) is 0 Å². The monoisotopic (exact) mass is 286 g/mol. The predicted octanol–water partition coefficient (Wildman–Crippen LogP) is 5.26. The molecule has 0 aliphatic heterocycles. The quantitative estimate of drug-likeness (QED) is 0.666. The van der Waals surface area contributed by atoms with Gasteiger partial charge in [0.15, 0.2) is 0 Å². The van der Waals surface area contributed by atoms with Crippen molar-refractivity contribution < 1.29 is 0 Å². The van der Waals surface area contributed by atoms with E-state index < -0.39 is 0 Å². The standard InChI is InChI=1S/C16H15Br/c1-13(15-9-11-16(17)12-10-15)7-8-14-5-3-2-4-6-14/h2-9,11H,1,10,12H2/b8-7-. The average molecular weight is 287 g/mol. The Hall–Kier alpha value is -1.34. The molecule has 1 heteroatoms. The molecule has 1 aliphatic carbocycles. The Morgan fingerprint density at radius 3 is 2.53 bits per heavy atom. The minimum absolute atomic E-state index is 1.06. The second kappa shape index (κ2) is 5.83. The van der Waals surface area contributed by atoms with Crippen molar-refractivity contribution in [3.63, 3.8) is 0 Å². The number of rotatable bonds is 3. The molecule has 0 unspecified atom stereocenters. The molecule has 86 valence electrons. The summed E-state index contributed by atoms with van der Waals surface area (Å²) in [4.78, 5) is 0. The minimum Gasteiger partial charge on any atom is -0.0915 e. The first-order valence-electron chi connectivity index (χ1n) is 5.73. The highest BCUT2D eigenvalue weighted by Crippen LogP contribution is 2.26. The summed E-state index contributed by atoms with van der Waals surface area (Å²) in [6.07, 6.45) is 10.6. The van der Waals surface area contributed by atoms with Crippen LogP contribution in [0.1, 0.15) is 18.4 Å². The molecule has 0 heterocycles. The lowest BCUT2D eigenvalue weighted by molar-refractivity contribution is 0.970. The summed E-state index contributed by atoms with van der Waals surface area (Å²) >= 11 is 3.51. The second-order valence-electron chi connectivity index (χ2n) is 4.07. The van der Waals surface area contributed by atoms with Crippen molar-refractivity contribution in [3.05, 3.63) is 76.3 Å². The number of allylic oxidation sites excluding steroid dienone is 6. The summed E-state index contributed by atoms with van der Waals surface area (Å²) in [5.41, 5.74) is 3.63. The first-order chi connectivity index (χ1) is 8.25. The van der Waals surface area contributed by atoms with Gasteiger partial charge in [-0.1, -0.05) is 77.1 Å². The molecule has 0 bridgehead atoms. The van der Waals surface area contributed by atoms with Gasteiger partial charge in [0.2, 0.25) is 0 Å². The van der Waals surface area contributed by atoms with Crippen LogP contribution in [0, 0.1) is 0 Å². The fraction of sp³-hybridized carbons (Fsp3) is 0.125. The Morgan fingerprint density at radius 2 is 1.88 bits per heavy atom. The molecule has 0 aromatic heterocycles. The van der Waals surface area contributed by atoms with Crippen LogP contribution in [-0.4, -0.2) is 0 Å². The Balaban J connectivity index is 2.05. The third-order valence-corrected chi connectivity index (χ3v) is 3.45. The first kappa shape index (κ1) is 12.1. The van der Waals surface area contributed by atoms with E-state index in [9.17, 15) is 0 Å². The minimum atomic E-state index is 1.06. The van der Waals surface area contributed by atoms with Gasteiger partial charge in [-0.15, -0.1) is 0 Å². The van der Waals surface area contributed by atoms with Gasteiger partial charge < -0.3 is 0 Å². The number of benzene rings is 1. The molecule has 0 N–H and O–H groups in total. The Labute approximate surface area is 111 Å². The summed E-state index contributed by atoms with van der Waals surface area (Å²) in [5, 5.41) is 0. The summed E-state index contributed by atoms with van der Waals surface area (Å²) in [6.45, 7) is 4.12. The van der Waals surface area contributed by atoms with E-state index in [2.05, 4.69) is 58.9 Å². The van der Waals surface area contributed by atoms with Crippen LogP contribution in [0.4, 0.5) is 0 Å². The molecule has 1 aromatic rings. The summed E-state index contributed by atoms with van der Waals surface area (Å²) in [7, 11) is 0. The molecule has 0 fully saturated rings. The van der Waals surface area contributed by atoms with Crippen molar-refractivity contribution in [2.24, 2.45) is 0 Å². The first-order valence-corrected chi connectivity index (χ1v) is 6.52. The third kappa shape index (κ3) is 3.57. The Bertz CT molecular complexity index is 490. The molecule has 0 radical (unpaired) electrons. The van der Waals surface area contributed by atoms with E-state index in [-0.39, 0.29) is 0 Å². The van der Waals surface area contributed by atoms with Gasteiger partial charge in [0.05, 0.1) is 0 Å². The lowest BCUT2D eigenvalue weighted by Crippen LogP contribution is -1.91. The lowest BCUT2D eigenvalue weighted by atomic mass is 9.97. The smallest absolute Gasteiger partial charge is 0.00460 e. The highest BCUT2D eigenvalue weighted by Gasteiger charge is 2.05. The van der Waals surface area contributed by atoms with Gasteiger partial charge in [-0.25, -0.2) is 0 Å². The molecule has 1 aliphatic rings. The van der Waals surface area contributed by atoms with E-state index >= 15 is 0 Å². The van der Waals surface area contributed by atoms with E-state index in [1.165, 1.54) is 15.6 Å². The van der Waals surface area contributed by atoms with Gasteiger partial charge in [-0.3, -0.25) is 0 Å². The molecule has 0 nitrogen and oxygen atoms in total. The maximum absolute atomic E-state index is 4.12. The van der Waals surface area contributed by atoms with E-state index in [4.69, 9.17) is 0 Å². The highest BCUT2D eigenvalue weighted by atomic mass is 79.9. The van der Waals surface area contributed by atoms with Gasteiger partial charge in [-0.2, -0.15) is 0 Å². The van der Waals surface area contributed by atoms with Crippen LogP contribution in [0.5, 0.6) is 0 Å². The molecule has 0 spiro atoms. The Morgan fingerprint density at radius 1 is 1.12 bits per heavy atom. The number of hydrogen-bond acceptors (Lipinski definition) is 0. The average Bonchev–Trinajstić information content (AvgIpc) is 2.38. The number of hydrogen-bond donors (Lipinski definition) is 0. The normalized spacial score (nSPS) is 15.6. The summed E-state index contributed by atoms with van der Waals surface area (Å²) in [6, 6.07) is 10.3. The molecular formula is C16H15Br. The van der Waals surface area contributed by atoms with Crippen LogP contribution >= 0.6 is 15.9 Å². The topological polar surface area (TPSA) is 0 Å². The van der Waals surface area contributed by atoms with Crippen molar-refractivity contribution >= 4 is 22.0 Å². The van der Waals surface area contributed by atoms with Crippen LogP contribution in [0.15, 0.2) is 70.8 Å². The fourth-order valence-corrected chi connectivity index (χ4v) is 2.08. The van der Waals surface area contributed by atoms with Crippen LogP contribution in [0.25, 0.3) is 6.08 Å². The van der Waals surface area contributed by atoms with Crippen LogP contribution < -0.4 is 0 Å². The van der Waals surface area contributed by atoms with Crippen LogP contribution in [-0.2, 0) is 0 Å². The molecule has 2 rings (SSSR count). The van der Waals surface area contributed by atoms with Gasteiger partial charge in [0.1, 0.15) is 0 Å². The molecule has 0 amide bonds. The third-order valence-electron chi connectivity index (χ3n) is 2.79. The highest BCUT2D eigenvalue weighted by molar-refractivity contribution is 9.11. The van der Waals surface area contributed by atoms with Crippen molar-refractivity contribution in [1.29, 1.82) is 0 Å². The fourth-order valence-electron chi connectivity index (χ4n) is 1.75. The maximum atomic E-state index is 4.12. The zero-order chi connectivity index (χ0) is 12.1. The zero-order valence-corrected chi connectivity index (χ0v) is 11.3. The zero-order valence-electron chi connectivity index (χ0n) is 9.70. The van der Waals surface area contributed by atoms with Gasteiger partial charge in [0.25, 0.3) is 0 Å². The second-order valence-corrected chi connectivity index (χ2v) is 5.09. The van der Waals surface area contributed by atoms with Crippen molar-refractivity contribution in [2.75, 3.05) is 0 Å². The lowest BCUT2D eigenvalue weighted by Gasteiger charge is -2.11. The molecular weight excluding hydrogens is 272 g/mol. The molecule has 0 atom stereocenters. The van der Waals surface area contributed by atoms with E-state index in [1.807, 2.05) is 18.2 Å². The van der Waals surface area contributed by atoms with Crippen molar-refractivity contribution in [1.82, 2.24) is 0 Å². The maximum Gasteiger partial charge on any atom is -0.00460 e. The van der Waals surface area contributed by atoms with Crippen molar-refractivity contribution in [3.8, 4) is 0 Å². The number of halogens is 1. The largest absolute Gasteiger partial charge is 0.0915 e. The molecule has 1 aromatic carbocycles. The predicted molar refractivity (Wildman–Crippen MR) is 78.9 cm³/mol. The van der Waals surface area contributed by atoms with Gasteiger partial charge in [0, 0.05) is 0 Å². The van der Waals surface area contributed by atoms with Gasteiger partial charge >= 0.3 is 0 Å². The Kier molecular flexibility index (Phi) is 4.16. The summed E-state index contributed by atoms with van der Waals surface area (Å²) < 4.78 is 1.26.